The van der Waals surface area contributed by atoms with Crippen LogP contribution in [0.5, 0.6) is 11.8 Å². The molecule has 0 aliphatic carbocycles. The number of hydrogen-bond donors (Lipinski definition) is 1. The Bertz CT molecular complexity index is 1030. The van der Waals surface area contributed by atoms with Crippen molar-refractivity contribution in [3.63, 3.8) is 0 Å². The van der Waals surface area contributed by atoms with Crippen LogP contribution in [0.1, 0.15) is 6.04 Å². The Kier molecular flexibility index (Phi) is 5.52. The number of benzene rings is 1. The standard InChI is InChI=1S/C18H24N6O6S/c1-31(25,26)20-14-10-28-17-15(11-29-16(14)17)24-18(19-21-22-24)30-13-4-2-3-12(9-13)23-5-7-27-8-6-23/h2-4,9,14-17,20H,5-8,10-11H2,1H3. The fourth-order valence-electron chi connectivity index (χ4n) is 4.20. The molecule has 1 N–H and O–H groups in total. The number of ether oxygens (including phenoxy) is 4. The van der Waals surface area contributed by atoms with Crippen LogP contribution in [0.4, 0.5) is 5.69 Å². The highest BCUT2D eigenvalue weighted by Crippen LogP contribution is 2.36. The average molecular weight is 452 g/mol. The monoisotopic (exact) mass is 452 g/mol. The second-order valence-electron chi connectivity index (χ2n) is 7.76. The quantitative estimate of drug-likeness (QED) is 0.615. The first-order chi connectivity index (χ1) is 15.0. The van der Waals surface area contributed by atoms with Gasteiger partial charge in [0.1, 0.15) is 24.0 Å². The van der Waals surface area contributed by atoms with Crippen molar-refractivity contribution in [2.75, 3.05) is 50.7 Å². The lowest BCUT2D eigenvalue weighted by atomic mass is 10.1. The zero-order valence-electron chi connectivity index (χ0n) is 17.0. The number of sulfonamides is 1. The second-order valence-corrected chi connectivity index (χ2v) is 9.54. The van der Waals surface area contributed by atoms with E-state index in [-0.39, 0.29) is 31.4 Å². The van der Waals surface area contributed by atoms with Gasteiger partial charge in [-0.15, -0.1) is 0 Å². The van der Waals surface area contributed by atoms with E-state index in [1.54, 1.807) is 0 Å². The zero-order chi connectivity index (χ0) is 21.4. The molecule has 5 rings (SSSR count). The third-order valence-corrected chi connectivity index (χ3v) is 6.30. The summed E-state index contributed by atoms with van der Waals surface area (Å²) in [5.74, 6) is 0.611. The van der Waals surface area contributed by atoms with E-state index < -0.39 is 22.2 Å². The Balaban J connectivity index is 1.31. The van der Waals surface area contributed by atoms with E-state index in [9.17, 15) is 8.42 Å². The van der Waals surface area contributed by atoms with Gasteiger partial charge in [-0.05, 0) is 22.6 Å². The molecule has 3 saturated heterocycles. The van der Waals surface area contributed by atoms with Crippen LogP contribution in [0, 0.1) is 0 Å². The van der Waals surface area contributed by atoms with E-state index in [2.05, 4.69) is 25.1 Å². The lowest BCUT2D eigenvalue weighted by molar-refractivity contribution is 0.0615. The van der Waals surface area contributed by atoms with Crippen LogP contribution in [-0.4, -0.2) is 92.6 Å². The van der Waals surface area contributed by atoms with Crippen molar-refractivity contribution in [3.8, 4) is 11.8 Å². The molecular weight excluding hydrogens is 428 g/mol. The first kappa shape index (κ1) is 20.6. The van der Waals surface area contributed by atoms with E-state index in [0.29, 0.717) is 19.0 Å². The maximum atomic E-state index is 11.6. The minimum absolute atomic E-state index is 0.219. The van der Waals surface area contributed by atoms with Gasteiger partial charge in [-0.1, -0.05) is 11.2 Å². The van der Waals surface area contributed by atoms with Gasteiger partial charge >= 0.3 is 6.01 Å². The number of nitrogens with zero attached hydrogens (tertiary/aromatic N) is 5. The predicted molar refractivity (Wildman–Crippen MR) is 108 cm³/mol. The van der Waals surface area contributed by atoms with Gasteiger partial charge in [0, 0.05) is 24.8 Å². The van der Waals surface area contributed by atoms with E-state index in [4.69, 9.17) is 18.9 Å². The summed E-state index contributed by atoms with van der Waals surface area (Å²) < 4.78 is 50.4. The fourth-order valence-corrected chi connectivity index (χ4v) is 4.95. The van der Waals surface area contributed by atoms with Crippen molar-refractivity contribution in [3.05, 3.63) is 24.3 Å². The van der Waals surface area contributed by atoms with Gasteiger partial charge in [-0.3, -0.25) is 0 Å². The molecule has 0 saturated carbocycles. The summed E-state index contributed by atoms with van der Waals surface area (Å²) in [5, 5.41) is 11.8. The van der Waals surface area contributed by atoms with Gasteiger partial charge in [0.25, 0.3) is 0 Å². The van der Waals surface area contributed by atoms with Crippen molar-refractivity contribution in [2.45, 2.75) is 24.3 Å². The van der Waals surface area contributed by atoms with E-state index >= 15 is 0 Å². The maximum absolute atomic E-state index is 11.6. The fraction of sp³-hybridized carbons (Fsp3) is 0.611. The summed E-state index contributed by atoms with van der Waals surface area (Å²) in [6.45, 7) is 3.55. The second kappa shape index (κ2) is 8.31. The Morgan fingerprint density at radius 3 is 2.77 bits per heavy atom. The van der Waals surface area contributed by atoms with Gasteiger partial charge in [0.15, 0.2) is 0 Å². The van der Waals surface area contributed by atoms with Crippen molar-refractivity contribution in [2.24, 2.45) is 0 Å². The van der Waals surface area contributed by atoms with Gasteiger partial charge in [-0.25, -0.2) is 13.1 Å². The topological polar surface area (TPSA) is 130 Å². The number of anilines is 1. The van der Waals surface area contributed by atoms with Crippen LogP contribution >= 0.6 is 0 Å². The molecule has 0 bridgehead atoms. The minimum atomic E-state index is -3.37. The molecule has 0 radical (unpaired) electrons. The number of tetrazole rings is 1. The predicted octanol–water partition coefficient (Wildman–Crippen LogP) is -0.441. The van der Waals surface area contributed by atoms with Crippen LogP contribution in [0.15, 0.2) is 24.3 Å². The van der Waals surface area contributed by atoms with E-state index in [1.807, 2.05) is 24.3 Å². The van der Waals surface area contributed by atoms with Crippen LogP contribution in [0.2, 0.25) is 0 Å². The largest absolute Gasteiger partial charge is 0.423 e. The van der Waals surface area contributed by atoms with Crippen LogP contribution < -0.4 is 14.4 Å². The molecule has 4 heterocycles. The van der Waals surface area contributed by atoms with Gasteiger partial charge in [-0.2, -0.15) is 4.68 Å². The van der Waals surface area contributed by atoms with Crippen LogP contribution in [-0.2, 0) is 24.2 Å². The van der Waals surface area contributed by atoms with Crippen LogP contribution in [0.25, 0.3) is 0 Å². The Labute approximate surface area is 179 Å². The summed E-state index contributed by atoms with van der Waals surface area (Å²) in [7, 11) is -3.37. The van der Waals surface area contributed by atoms with Gasteiger partial charge in [0.2, 0.25) is 10.0 Å². The summed E-state index contributed by atoms with van der Waals surface area (Å²) in [5.41, 5.74) is 1.04. The molecule has 168 valence electrons. The average Bonchev–Trinajstić information content (AvgIpc) is 3.46. The highest BCUT2D eigenvalue weighted by molar-refractivity contribution is 7.88. The van der Waals surface area contributed by atoms with Gasteiger partial charge in [0.05, 0.1) is 38.7 Å². The lowest BCUT2D eigenvalue weighted by Crippen LogP contribution is -2.43. The molecule has 0 spiro atoms. The highest BCUT2D eigenvalue weighted by Gasteiger charge is 2.50. The summed E-state index contributed by atoms with van der Waals surface area (Å²) >= 11 is 0. The molecule has 1 aromatic heterocycles. The molecule has 3 fully saturated rings. The molecule has 12 nitrogen and oxygen atoms in total. The third kappa shape index (κ3) is 4.36. The molecule has 31 heavy (non-hydrogen) atoms. The molecule has 0 amide bonds. The van der Waals surface area contributed by atoms with E-state index in [1.165, 1.54) is 4.68 Å². The molecule has 4 unspecified atom stereocenters. The van der Waals surface area contributed by atoms with Crippen molar-refractivity contribution >= 4 is 15.7 Å². The first-order valence-corrected chi connectivity index (χ1v) is 12.0. The number of nitrogens with one attached hydrogen (secondary N) is 1. The summed E-state index contributed by atoms with van der Waals surface area (Å²) in [6.07, 6.45) is 0.316. The molecule has 3 aliphatic rings. The number of fused-ring (bicyclic) bond motifs is 1. The lowest BCUT2D eigenvalue weighted by Gasteiger charge is -2.29. The third-order valence-electron chi connectivity index (χ3n) is 5.57. The van der Waals surface area contributed by atoms with Crippen molar-refractivity contribution in [1.29, 1.82) is 0 Å². The number of aromatic nitrogens is 4. The highest BCUT2D eigenvalue weighted by atomic mass is 32.2. The SMILES string of the molecule is CS(=O)(=O)NC1COC2C1OCC2n1nnnc1Oc1cccc(N2CCOCC2)c1. The van der Waals surface area contributed by atoms with E-state index in [0.717, 1.165) is 25.0 Å². The smallest absolute Gasteiger partial charge is 0.341 e. The Morgan fingerprint density at radius 1 is 1.16 bits per heavy atom. The molecule has 2 aromatic rings. The minimum Gasteiger partial charge on any atom is -0.423 e. The zero-order valence-corrected chi connectivity index (χ0v) is 17.8. The molecule has 4 atom stereocenters. The molecule has 1 aromatic carbocycles. The molecule has 3 aliphatic heterocycles. The number of hydrogen-bond acceptors (Lipinski definition) is 10. The number of morpholine rings is 1. The van der Waals surface area contributed by atoms with Gasteiger partial charge < -0.3 is 23.8 Å². The molecule has 13 heteroatoms. The molecular formula is C18H24N6O6S. The Hall–Kier alpha value is -2.32. The first-order valence-electron chi connectivity index (χ1n) is 10.1. The van der Waals surface area contributed by atoms with Crippen molar-refractivity contribution < 1.29 is 27.4 Å². The number of rotatable bonds is 6. The Morgan fingerprint density at radius 2 is 1.97 bits per heavy atom. The van der Waals surface area contributed by atoms with Crippen molar-refractivity contribution in [1.82, 2.24) is 24.9 Å². The normalized spacial score (nSPS) is 28.6. The summed E-state index contributed by atoms with van der Waals surface area (Å²) in [6, 6.07) is 7.17. The maximum Gasteiger partial charge on any atom is 0.341 e. The van der Waals surface area contributed by atoms with Crippen LogP contribution in [0.3, 0.4) is 0 Å². The summed E-state index contributed by atoms with van der Waals surface area (Å²) in [4.78, 5) is 2.23.